The van der Waals surface area contributed by atoms with Crippen molar-refractivity contribution in [2.45, 2.75) is 78.1 Å². The monoisotopic (exact) mass is 507 g/mol. The van der Waals surface area contributed by atoms with Crippen LogP contribution in [0.3, 0.4) is 0 Å². The quantitative estimate of drug-likeness (QED) is 0.321. The van der Waals surface area contributed by atoms with Gasteiger partial charge in [-0.25, -0.2) is 4.79 Å². The molecule has 1 aliphatic rings. The third-order valence-corrected chi connectivity index (χ3v) is 4.11. The number of guanidine groups is 1. The number of hydrogen-bond donors (Lipinski definition) is 3. The van der Waals surface area contributed by atoms with Crippen LogP contribution >= 0.6 is 24.0 Å². The lowest BCUT2D eigenvalue weighted by Crippen LogP contribution is -2.54. The zero-order valence-electron chi connectivity index (χ0n) is 17.8. The van der Waals surface area contributed by atoms with Crippen molar-refractivity contribution in [2.24, 2.45) is 4.99 Å². The van der Waals surface area contributed by atoms with Crippen molar-refractivity contribution in [1.82, 2.24) is 30.7 Å². The molecule has 0 aromatic carbocycles. The van der Waals surface area contributed by atoms with E-state index in [4.69, 9.17) is 4.74 Å². The van der Waals surface area contributed by atoms with E-state index in [1.165, 1.54) is 6.42 Å². The van der Waals surface area contributed by atoms with Crippen LogP contribution in [0.5, 0.6) is 0 Å². The van der Waals surface area contributed by atoms with Gasteiger partial charge in [-0.3, -0.25) is 4.99 Å². The molecule has 0 atom stereocenters. The van der Waals surface area contributed by atoms with Crippen LogP contribution in [0.4, 0.5) is 4.79 Å². The van der Waals surface area contributed by atoms with E-state index in [0.717, 1.165) is 31.0 Å². The van der Waals surface area contributed by atoms with Crippen molar-refractivity contribution >= 4 is 36.0 Å². The van der Waals surface area contributed by atoms with E-state index in [9.17, 15) is 4.79 Å². The second kappa shape index (κ2) is 10.3. The summed E-state index contributed by atoms with van der Waals surface area (Å²) in [5.74, 6) is 2.62. The van der Waals surface area contributed by atoms with E-state index >= 15 is 0 Å². The van der Waals surface area contributed by atoms with Gasteiger partial charge in [-0.05, 0) is 47.5 Å². The average molecular weight is 507 g/mol. The molecule has 9 nitrogen and oxygen atoms in total. The third-order valence-electron chi connectivity index (χ3n) is 4.11. The zero-order chi connectivity index (χ0) is 20.1. The fourth-order valence-electron chi connectivity index (χ4n) is 2.81. The van der Waals surface area contributed by atoms with Crippen molar-refractivity contribution < 1.29 is 9.53 Å². The first-order chi connectivity index (χ1) is 12.6. The van der Waals surface area contributed by atoms with Gasteiger partial charge in [0, 0.05) is 26.6 Å². The van der Waals surface area contributed by atoms with E-state index < -0.39 is 17.2 Å². The number of aromatic nitrogens is 3. The molecule has 0 unspecified atom stereocenters. The Kier molecular flexibility index (Phi) is 8.96. The van der Waals surface area contributed by atoms with Crippen LogP contribution in [-0.2, 0) is 24.2 Å². The Morgan fingerprint density at radius 3 is 2.54 bits per heavy atom. The maximum absolute atomic E-state index is 12.0. The zero-order valence-corrected chi connectivity index (χ0v) is 20.1. The first kappa shape index (κ1) is 24.4. The number of rotatable bonds is 5. The van der Waals surface area contributed by atoms with Crippen LogP contribution in [0, 0.1) is 0 Å². The van der Waals surface area contributed by atoms with Crippen LogP contribution in [0.1, 0.15) is 59.1 Å². The van der Waals surface area contributed by atoms with E-state index in [1.807, 2.05) is 34.6 Å². The summed E-state index contributed by atoms with van der Waals surface area (Å²) in [4.78, 5) is 16.2. The summed E-state index contributed by atoms with van der Waals surface area (Å²) in [6.07, 6.45) is 2.89. The maximum atomic E-state index is 12.0. The smallest absolute Gasteiger partial charge is 0.408 e. The molecular weight excluding hydrogens is 473 g/mol. The Bertz CT molecular complexity index is 680. The number of alkyl carbamates (subject to hydrolysis) is 1. The van der Waals surface area contributed by atoms with Gasteiger partial charge in [-0.15, -0.1) is 34.2 Å². The highest BCUT2D eigenvalue weighted by Gasteiger charge is 2.25. The number of nitrogens with zero attached hydrogens (tertiary/aromatic N) is 4. The number of aryl methyl sites for hydroxylation is 1. The standard InChI is InChI=1S/C18H33N7O2.HI/c1-17(2,3)27-16(26)22-18(4,5)12-21-15(19-6)20-11-14-24-23-13-9-7-8-10-25(13)14;/h7-12H2,1-6H3,(H,22,26)(H2,19,20,21);1H. The Balaban J connectivity index is 0.00000392. The SMILES string of the molecule is CN=C(NCc1nnc2n1CCCC2)NCC(C)(C)NC(=O)OC(C)(C)C.I. The molecule has 0 saturated carbocycles. The molecule has 0 spiro atoms. The molecule has 0 radical (unpaired) electrons. The van der Waals surface area contributed by atoms with Gasteiger partial charge in [0.1, 0.15) is 11.4 Å². The van der Waals surface area contributed by atoms with Crippen LogP contribution in [-0.4, -0.2) is 51.5 Å². The molecule has 0 aliphatic carbocycles. The largest absolute Gasteiger partial charge is 0.444 e. The molecule has 28 heavy (non-hydrogen) atoms. The minimum atomic E-state index is -0.525. The van der Waals surface area contributed by atoms with Crippen molar-refractivity contribution in [2.75, 3.05) is 13.6 Å². The van der Waals surface area contributed by atoms with Crippen LogP contribution < -0.4 is 16.0 Å². The number of carbonyl (C=O) groups is 1. The number of nitrogens with one attached hydrogen (secondary N) is 3. The molecule has 1 aromatic rings. The number of aliphatic imine (C=N–C) groups is 1. The first-order valence-corrected chi connectivity index (χ1v) is 9.46. The Morgan fingerprint density at radius 2 is 1.89 bits per heavy atom. The summed E-state index contributed by atoms with van der Waals surface area (Å²) in [6.45, 7) is 11.4. The summed E-state index contributed by atoms with van der Waals surface area (Å²) >= 11 is 0. The predicted molar refractivity (Wildman–Crippen MR) is 120 cm³/mol. The topological polar surface area (TPSA) is 105 Å². The lowest BCUT2D eigenvalue weighted by Gasteiger charge is -2.29. The fourth-order valence-corrected chi connectivity index (χ4v) is 2.81. The highest BCUT2D eigenvalue weighted by molar-refractivity contribution is 14.0. The van der Waals surface area contributed by atoms with E-state index in [0.29, 0.717) is 19.0 Å². The minimum Gasteiger partial charge on any atom is -0.444 e. The number of amides is 1. The molecule has 0 bridgehead atoms. The Morgan fingerprint density at radius 1 is 1.18 bits per heavy atom. The van der Waals surface area contributed by atoms with E-state index in [-0.39, 0.29) is 24.0 Å². The number of carbonyl (C=O) groups excluding carboxylic acids is 1. The summed E-state index contributed by atoms with van der Waals surface area (Å²) in [6, 6.07) is 0. The fraction of sp³-hybridized carbons (Fsp3) is 0.778. The summed E-state index contributed by atoms with van der Waals surface area (Å²) in [5, 5.41) is 17.9. The highest BCUT2D eigenvalue weighted by Crippen LogP contribution is 2.14. The van der Waals surface area contributed by atoms with Gasteiger partial charge in [-0.1, -0.05) is 0 Å². The molecule has 1 aromatic heterocycles. The van der Waals surface area contributed by atoms with Gasteiger partial charge >= 0.3 is 6.09 Å². The molecular formula is C18H34IN7O2. The molecule has 160 valence electrons. The highest BCUT2D eigenvalue weighted by atomic mass is 127. The van der Waals surface area contributed by atoms with Crippen molar-refractivity contribution in [3.05, 3.63) is 11.6 Å². The number of ether oxygens (including phenoxy) is 1. The molecule has 1 amide bonds. The molecule has 1 aliphatic heterocycles. The van der Waals surface area contributed by atoms with E-state index in [2.05, 4.69) is 35.7 Å². The maximum Gasteiger partial charge on any atom is 0.408 e. The van der Waals surface area contributed by atoms with Crippen LogP contribution in [0.15, 0.2) is 4.99 Å². The first-order valence-electron chi connectivity index (χ1n) is 9.46. The average Bonchev–Trinajstić information content (AvgIpc) is 2.96. The van der Waals surface area contributed by atoms with Crippen LogP contribution in [0.25, 0.3) is 0 Å². The molecule has 0 fully saturated rings. The Hall–Kier alpha value is -1.59. The molecule has 0 saturated heterocycles. The predicted octanol–water partition coefficient (Wildman–Crippen LogP) is 2.20. The third kappa shape index (κ3) is 7.80. The van der Waals surface area contributed by atoms with Gasteiger partial charge in [0.15, 0.2) is 11.8 Å². The van der Waals surface area contributed by atoms with Gasteiger partial charge in [0.25, 0.3) is 0 Å². The molecule has 10 heteroatoms. The number of halogens is 1. The van der Waals surface area contributed by atoms with Crippen molar-refractivity contribution in [3.8, 4) is 0 Å². The lowest BCUT2D eigenvalue weighted by molar-refractivity contribution is 0.0474. The number of fused-ring (bicyclic) bond motifs is 1. The van der Waals surface area contributed by atoms with Gasteiger partial charge in [0.05, 0.1) is 12.1 Å². The van der Waals surface area contributed by atoms with Crippen LogP contribution in [0.2, 0.25) is 0 Å². The molecule has 2 rings (SSSR count). The minimum absolute atomic E-state index is 0. The molecule has 2 heterocycles. The summed E-state index contributed by atoms with van der Waals surface area (Å²) in [5.41, 5.74) is -1.03. The van der Waals surface area contributed by atoms with E-state index in [1.54, 1.807) is 7.05 Å². The van der Waals surface area contributed by atoms with Gasteiger partial charge in [0.2, 0.25) is 0 Å². The normalized spacial score (nSPS) is 14.6. The lowest BCUT2D eigenvalue weighted by atomic mass is 10.1. The number of hydrogen-bond acceptors (Lipinski definition) is 5. The molecule has 3 N–H and O–H groups in total. The van der Waals surface area contributed by atoms with Gasteiger partial charge < -0.3 is 25.3 Å². The summed E-state index contributed by atoms with van der Waals surface area (Å²) < 4.78 is 7.49. The van der Waals surface area contributed by atoms with Crippen molar-refractivity contribution in [3.63, 3.8) is 0 Å². The summed E-state index contributed by atoms with van der Waals surface area (Å²) in [7, 11) is 1.71. The second-order valence-corrected chi connectivity index (χ2v) is 8.43. The van der Waals surface area contributed by atoms with Crippen molar-refractivity contribution in [1.29, 1.82) is 0 Å². The Labute approximate surface area is 184 Å². The van der Waals surface area contributed by atoms with Gasteiger partial charge in [-0.2, -0.15) is 0 Å². The second-order valence-electron chi connectivity index (χ2n) is 8.43.